The monoisotopic (exact) mass is 1790 g/mol. The standard InChI is InChI=1S/C128H138B2N4O2/c1-77-65-107-113-110(68-77)134(103-56-48-84(122(12,13)14)70-101(103)129(113)117-115(93-55-47-85(123(15,16)17)72-112(93)136-117)131(107)87-51-43-81(44-52-87)119(3,4)5)106-76-100-98(74-95(106)91-41-33-32-40-89(91)79-35-28-27-29-36-79)127(24,25)62-64-128(100,26)63-61-124(18,19)86-49-57-104-102(71-86)130-114-108(132(88-53-45-82(46-54-88)120(6,7)8)116-96-69-83(121(9,10)11)50-58-111(96)135-118(116)130)66-78(2)67-109(114)133(104)105-75-99-97(125(20,21)59-60-126(99,22)23)73-94(105)92-42-34-38-80-37-30-31-39-90(80)92/h27-58,65-76,115-118H,59-64H2,1-26H3. The van der Waals surface area contributed by atoms with Gasteiger partial charge in [-0.1, -0.05) is 330 Å². The second-order valence-electron chi connectivity index (χ2n) is 50.1. The Morgan fingerprint density at radius 3 is 1.29 bits per heavy atom. The molecule has 0 bridgehead atoms. The van der Waals surface area contributed by atoms with E-state index < -0.39 is 0 Å². The number of aryl methyl sites for hydroxylation is 2. The molecule has 688 valence electrons. The topological polar surface area (TPSA) is 31.4 Å². The van der Waals surface area contributed by atoms with Crippen LogP contribution in [0.1, 0.15) is 295 Å². The van der Waals surface area contributed by atoms with E-state index in [9.17, 15) is 0 Å². The molecule has 0 saturated heterocycles. The summed E-state index contributed by atoms with van der Waals surface area (Å²) in [7, 11) is 0. The summed E-state index contributed by atoms with van der Waals surface area (Å²) < 4.78 is 15.9. The first-order valence-corrected chi connectivity index (χ1v) is 50.8. The van der Waals surface area contributed by atoms with Gasteiger partial charge in [0.1, 0.15) is 23.5 Å². The number of benzene rings is 14. The maximum absolute atomic E-state index is 7.97. The van der Waals surface area contributed by atoms with Crippen molar-refractivity contribution in [3.05, 3.63) is 345 Å². The SMILES string of the molecule is Cc1cc2c3c(c1)N(c1ccc(C(C)(C)C)cc1)C1c4ccc(C(C)(C)C)cc4OC1B3c1cc(C(C)(C)C)ccc1N2c1cc2c(cc1-c1ccccc1-c1ccccc1)C(C)(C)CCC2(C)CCC(C)(C)c1ccc2c(c1)B1c3c(cc(C)cc3N(c3ccc(C(C)(C)C)cc3)C3c4cc(C(C)(C)C)ccc4OC13)N2c1cc2c(cc1-c1cccc3ccccc13)C(C)(C)CCC2(C)C. The van der Waals surface area contributed by atoms with Crippen LogP contribution in [0.4, 0.5) is 56.9 Å². The summed E-state index contributed by atoms with van der Waals surface area (Å²) in [6.07, 6.45) is 6.22. The first-order chi connectivity index (χ1) is 64.2. The Morgan fingerprint density at radius 1 is 0.316 bits per heavy atom. The minimum absolute atomic E-state index is 0.0271. The highest BCUT2D eigenvalue weighted by molar-refractivity contribution is 6.92. The number of hydrogen-bond acceptors (Lipinski definition) is 6. The summed E-state index contributed by atoms with van der Waals surface area (Å²) >= 11 is 0. The molecule has 22 rings (SSSR count). The third-order valence-corrected chi connectivity index (χ3v) is 33.8. The van der Waals surface area contributed by atoms with Crippen molar-refractivity contribution >= 4 is 103 Å². The average Bonchev–Trinajstić information content (AvgIpc) is 1.02. The van der Waals surface area contributed by atoms with Gasteiger partial charge in [0.15, 0.2) is 0 Å². The van der Waals surface area contributed by atoms with Crippen molar-refractivity contribution in [3.63, 3.8) is 0 Å². The lowest BCUT2D eigenvalue weighted by Crippen LogP contribution is -2.65. The Kier molecular flexibility index (Phi) is 20.3. The molecular formula is C128H138B2N4O2. The van der Waals surface area contributed by atoms with Crippen LogP contribution in [0.15, 0.2) is 267 Å². The molecule has 6 aliphatic heterocycles. The van der Waals surface area contributed by atoms with Gasteiger partial charge in [0.2, 0.25) is 0 Å². The fraction of sp³-hybridized carbons (Fsp3) is 0.359. The van der Waals surface area contributed by atoms with Crippen LogP contribution < -0.4 is 50.9 Å². The third-order valence-electron chi connectivity index (χ3n) is 33.8. The van der Waals surface area contributed by atoms with E-state index in [0.717, 1.165) is 50.0 Å². The van der Waals surface area contributed by atoms with Gasteiger partial charge in [0.05, 0.1) is 23.5 Å². The maximum Gasteiger partial charge on any atom is 0.267 e. The molecule has 8 aliphatic rings. The van der Waals surface area contributed by atoms with Gasteiger partial charge in [-0.2, -0.15) is 0 Å². The molecular weight excluding hydrogens is 1650 g/mol. The second kappa shape index (κ2) is 30.9. The Balaban J connectivity index is 0.744. The largest absolute Gasteiger partial charge is 0.495 e. The molecule has 14 aromatic carbocycles. The third kappa shape index (κ3) is 14.4. The molecule has 6 nitrogen and oxygen atoms in total. The van der Waals surface area contributed by atoms with Crippen molar-refractivity contribution in [1.29, 1.82) is 0 Å². The summed E-state index contributed by atoms with van der Waals surface area (Å²) in [4.78, 5) is 10.9. The average molecular weight is 1790 g/mol. The molecule has 0 spiro atoms. The maximum atomic E-state index is 7.97. The Hall–Kier alpha value is -11.7. The van der Waals surface area contributed by atoms with Crippen molar-refractivity contribution in [3.8, 4) is 44.9 Å². The number of nitrogens with zero attached hydrogens (tertiary/aromatic N) is 4. The number of fused-ring (bicyclic) bond motifs is 15. The van der Waals surface area contributed by atoms with E-state index >= 15 is 0 Å². The lowest BCUT2D eigenvalue weighted by atomic mass is 9.32. The zero-order valence-electron chi connectivity index (χ0n) is 85.7. The lowest BCUT2D eigenvalue weighted by Gasteiger charge is -2.49. The normalized spacial score (nSPS) is 19.7. The highest BCUT2D eigenvalue weighted by Crippen LogP contribution is 2.62. The van der Waals surface area contributed by atoms with Crippen LogP contribution >= 0.6 is 0 Å². The summed E-state index contributed by atoms with van der Waals surface area (Å²) in [6, 6.07) is 106. The molecule has 14 aromatic rings. The molecule has 8 heteroatoms. The van der Waals surface area contributed by atoms with Gasteiger partial charge in [-0.05, 0) is 331 Å². The Morgan fingerprint density at radius 2 is 0.728 bits per heavy atom. The number of ether oxygens (including phenoxy) is 2. The summed E-state index contributed by atoms with van der Waals surface area (Å²) in [5.41, 5.74) is 42.2. The van der Waals surface area contributed by atoms with E-state index in [1.165, 1.54) is 201 Å². The smallest absolute Gasteiger partial charge is 0.267 e. The molecule has 0 aromatic heterocycles. The van der Waals surface area contributed by atoms with Crippen molar-refractivity contribution < 1.29 is 9.47 Å². The highest BCUT2D eigenvalue weighted by atomic mass is 16.5. The molecule has 0 radical (unpaired) electrons. The molecule has 0 fully saturated rings. The Labute approximate surface area is 812 Å². The molecule has 0 saturated carbocycles. The van der Waals surface area contributed by atoms with Crippen LogP contribution in [0, 0.1) is 13.8 Å². The number of hydrogen-bond donors (Lipinski definition) is 0. The van der Waals surface area contributed by atoms with Gasteiger partial charge >= 0.3 is 0 Å². The van der Waals surface area contributed by atoms with Crippen molar-refractivity contribution in [2.45, 2.75) is 297 Å². The minimum Gasteiger partial charge on any atom is -0.495 e. The highest BCUT2D eigenvalue weighted by Gasteiger charge is 2.59. The molecule has 0 amide bonds. The van der Waals surface area contributed by atoms with E-state index in [-0.39, 0.29) is 91.7 Å². The quantitative estimate of drug-likeness (QED) is 0.120. The van der Waals surface area contributed by atoms with E-state index in [1.54, 1.807) is 0 Å². The van der Waals surface area contributed by atoms with E-state index in [2.05, 4.69) is 467 Å². The zero-order valence-corrected chi connectivity index (χ0v) is 85.7. The fourth-order valence-corrected chi connectivity index (χ4v) is 25.2. The van der Waals surface area contributed by atoms with Crippen LogP contribution in [-0.2, 0) is 54.1 Å². The predicted octanol–water partition coefficient (Wildman–Crippen LogP) is 31.6. The number of rotatable bonds is 11. The van der Waals surface area contributed by atoms with Crippen molar-refractivity contribution in [2.24, 2.45) is 0 Å². The Bertz CT molecular complexity index is 7230. The summed E-state index contributed by atoms with van der Waals surface area (Å²) in [5.74, 6) is 1.97. The van der Waals surface area contributed by atoms with Gasteiger partial charge in [-0.25, -0.2) is 0 Å². The molecule has 2 aliphatic carbocycles. The molecule has 136 heavy (non-hydrogen) atoms. The fourth-order valence-electron chi connectivity index (χ4n) is 25.2. The van der Waals surface area contributed by atoms with Gasteiger partial charge in [0.25, 0.3) is 13.4 Å². The van der Waals surface area contributed by atoms with Crippen LogP contribution in [0.3, 0.4) is 0 Å². The zero-order chi connectivity index (χ0) is 95.5. The molecule has 5 unspecified atom stereocenters. The van der Waals surface area contributed by atoms with E-state index in [4.69, 9.17) is 9.47 Å². The van der Waals surface area contributed by atoms with Crippen LogP contribution in [0.25, 0.3) is 44.2 Å². The molecule has 0 N–H and O–H groups in total. The van der Waals surface area contributed by atoms with Crippen LogP contribution in [-0.4, -0.2) is 25.4 Å². The minimum atomic E-state index is -0.325. The van der Waals surface area contributed by atoms with Gasteiger partial charge in [0, 0.05) is 67.8 Å². The second-order valence-corrected chi connectivity index (χ2v) is 50.1. The molecule has 5 atom stereocenters. The van der Waals surface area contributed by atoms with Crippen molar-refractivity contribution in [1.82, 2.24) is 0 Å². The van der Waals surface area contributed by atoms with Gasteiger partial charge in [-0.15, -0.1) is 0 Å². The summed E-state index contributed by atoms with van der Waals surface area (Å²) in [6.45, 7) is 62.5. The lowest BCUT2D eigenvalue weighted by molar-refractivity contribution is 0.272. The first kappa shape index (κ1) is 89.5. The van der Waals surface area contributed by atoms with Gasteiger partial charge < -0.3 is 29.1 Å². The first-order valence-electron chi connectivity index (χ1n) is 50.8. The molecule has 6 heterocycles. The summed E-state index contributed by atoms with van der Waals surface area (Å²) in [5, 5.41) is 2.51. The van der Waals surface area contributed by atoms with E-state index in [0.29, 0.717) is 0 Å². The number of anilines is 10. The van der Waals surface area contributed by atoms with Gasteiger partial charge in [-0.3, -0.25) is 0 Å². The predicted molar refractivity (Wildman–Crippen MR) is 581 cm³/mol. The van der Waals surface area contributed by atoms with Crippen LogP contribution in [0.5, 0.6) is 11.5 Å². The van der Waals surface area contributed by atoms with Crippen molar-refractivity contribution in [2.75, 3.05) is 19.6 Å². The van der Waals surface area contributed by atoms with E-state index in [1.807, 2.05) is 0 Å². The van der Waals surface area contributed by atoms with Crippen LogP contribution in [0.2, 0.25) is 0 Å².